The molecule has 1 aliphatic heterocycles. The van der Waals surface area contributed by atoms with Crippen LogP contribution in [-0.4, -0.2) is 68.6 Å². The van der Waals surface area contributed by atoms with Gasteiger partial charge < -0.3 is 19.5 Å². The summed E-state index contributed by atoms with van der Waals surface area (Å²) in [6, 6.07) is 13.5. The van der Waals surface area contributed by atoms with Gasteiger partial charge in [-0.15, -0.1) is 0 Å². The minimum Gasteiger partial charge on any atom is -0.506 e. The Hall–Kier alpha value is -2.69. The Morgan fingerprint density at radius 3 is 2.51 bits per heavy atom. The Morgan fingerprint density at radius 2 is 1.82 bits per heavy atom. The van der Waals surface area contributed by atoms with Crippen LogP contribution in [0.4, 0.5) is 5.69 Å². The molecule has 1 heterocycles. The van der Waals surface area contributed by atoms with Gasteiger partial charge in [0.15, 0.2) is 11.5 Å². The van der Waals surface area contributed by atoms with Gasteiger partial charge in [0.2, 0.25) is 0 Å². The zero-order valence-corrected chi connectivity index (χ0v) is 24.8. The molecule has 1 saturated heterocycles. The highest BCUT2D eigenvalue weighted by Gasteiger charge is 2.19. The van der Waals surface area contributed by atoms with E-state index in [1.165, 1.54) is 24.4 Å². The molecule has 1 amide bonds. The van der Waals surface area contributed by atoms with E-state index in [4.69, 9.17) is 44.3 Å². The van der Waals surface area contributed by atoms with Crippen molar-refractivity contribution >= 4 is 68.5 Å². The first kappa shape index (κ1) is 29.3. The lowest BCUT2D eigenvalue weighted by Gasteiger charge is -2.36. The number of phenolic OH excluding ortho intramolecular Hbond substituents is 1. The first-order chi connectivity index (χ1) is 18.7. The number of hydrogen-bond donors (Lipinski definition) is 2. The number of nitrogens with one attached hydrogen (secondary N) is 1. The number of hydrazone groups is 1. The molecule has 0 unspecified atom stereocenters. The first-order valence-electron chi connectivity index (χ1n) is 12.0. The molecular formula is C27H26BrCl3N4O4. The van der Waals surface area contributed by atoms with Crippen LogP contribution in [0.5, 0.6) is 17.2 Å². The molecule has 3 aromatic carbocycles. The molecule has 39 heavy (non-hydrogen) atoms. The number of amides is 1. The second-order valence-electron chi connectivity index (χ2n) is 8.67. The van der Waals surface area contributed by atoms with Gasteiger partial charge in [-0.2, -0.15) is 5.10 Å². The van der Waals surface area contributed by atoms with Gasteiger partial charge >= 0.3 is 0 Å². The van der Waals surface area contributed by atoms with Gasteiger partial charge in [-0.05, 0) is 70.0 Å². The number of carbonyl (C=O) groups is 1. The molecular weight excluding hydrogens is 631 g/mol. The Kier molecular flexibility index (Phi) is 10.2. The summed E-state index contributed by atoms with van der Waals surface area (Å²) in [4.78, 5) is 16.9. The minimum absolute atomic E-state index is 0.0847. The number of halogens is 4. The fourth-order valence-electron chi connectivity index (χ4n) is 4.02. The van der Waals surface area contributed by atoms with Crippen molar-refractivity contribution in [1.29, 1.82) is 0 Å². The number of phenols is 1. The fraction of sp³-hybridized carbons (Fsp3) is 0.259. The summed E-state index contributed by atoms with van der Waals surface area (Å²) in [5, 5.41) is 14.7. The molecule has 3 aromatic rings. The van der Waals surface area contributed by atoms with E-state index in [1.807, 2.05) is 24.3 Å². The maximum atomic E-state index is 12.3. The summed E-state index contributed by atoms with van der Waals surface area (Å²) in [7, 11) is 1.56. The predicted octanol–water partition coefficient (Wildman–Crippen LogP) is 6.09. The summed E-state index contributed by atoms with van der Waals surface area (Å²) in [6.45, 7) is 4.82. The van der Waals surface area contributed by atoms with E-state index < -0.39 is 5.91 Å². The highest BCUT2D eigenvalue weighted by atomic mass is 79.9. The molecule has 0 radical (unpaired) electrons. The quantitative estimate of drug-likeness (QED) is 0.214. The minimum atomic E-state index is -0.461. The van der Waals surface area contributed by atoms with E-state index in [2.05, 4.69) is 36.3 Å². The van der Waals surface area contributed by atoms with Crippen LogP contribution in [0.3, 0.4) is 0 Å². The molecule has 8 nitrogen and oxygen atoms in total. The molecule has 0 spiro atoms. The second-order valence-corrected chi connectivity index (χ2v) is 10.8. The maximum absolute atomic E-state index is 12.3. The molecule has 4 rings (SSSR count). The number of carbonyl (C=O) groups excluding carboxylic acids is 1. The summed E-state index contributed by atoms with van der Waals surface area (Å²) < 4.78 is 12.3. The van der Waals surface area contributed by atoms with Crippen molar-refractivity contribution in [2.45, 2.75) is 0 Å². The topological polar surface area (TPSA) is 86.6 Å². The van der Waals surface area contributed by atoms with Crippen molar-refractivity contribution in [3.05, 3.63) is 79.2 Å². The number of methoxy groups -OCH3 is 1. The SMILES string of the molecule is COc1cc(/C=N/NC(=O)c2ccc(O)c(Cl)c2)cc(Br)c1OCCN1CCN(c2ccc(Cl)c(Cl)c2)CC1. The lowest BCUT2D eigenvalue weighted by molar-refractivity contribution is 0.0955. The van der Waals surface area contributed by atoms with E-state index in [0.717, 1.165) is 38.4 Å². The normalized spacial score (nSPS) is 14.0. The Labute approximate surface area is 250 Å². The Bertz CT molecular complexity index is 1370. The third-order valence-corrected chi connectivity index (χ3v) is 7.77. The molecule has 0 aromatic heterocycles. The number of ether oxygens (including phenoxy) is 2. The lowest BCUT2D eigenvalue weighted by atomic mass is 10.2. The van der Waals surface area contributed by atoms with Crippen LogP contribution in [0, 0.1) is 0 Å². The molecule has 0 atom stereocenters. The molecule has 2 N–H and O–H groups in total. The smallest absolute Gasteiger partial charge is 0.271 e. The average molecular weight is 657 g/mol. The van der Waals surface area contributed by atoms with E-state index in [0.29, 0.717) is 38.2 Å². The fourth-order valence-corrected chi connectivity index (χ4v) is 5.07. The van der Waals surface area contributed by atoms with Crippen molar-refractivity contribution in [2.75, 3.05) is 51.3 Å². The van der Waals surface area contributed by atoms with Gasteiger partial charge in [-0.1, -0.05) is 34.8 Å². The van der Waals surface area contributed by atoms with Crippen LogP contribution in [0.1, 0.15) is 15.9 Å². The zero-order valence-electron chi connectivity index (χ0n) is 21.0. The van der Waals surface area contributed by atoms with Gasteiger partial charge in [0.05, 0.1) is 32.9 Å². The summed E-state index contributed by atoms with van der Waals surface area (Å²) in [6.07, 6.45) is 1.49. The number of nitrogens with zero attached hydrogens (tertiary/aromatic N) is 3. The summed E-state index contributed by atoms with van der Waals surface area (Å²) in [5.74, 6) is 0.564. The largest absolute Gasteiger partial charge is 0.506 e. The monoisotopic (exact) mass is 654 g/mol. The van der Waals surface area contributed by atoms with Gasteiger partial charge in [0.25, 0.3) is 5.91 Å². The highest BCUT2D eigenvalue weighted by molar-refractivity contribution is 9.10. The molecule has 0 saturated carbocycles. The van der Waals surface area contributed by atoms with Crippen LogP contribution in [0.25, 0.3) is 0 Å². The van der Waals surface area contributed by atoms with Gasteiger partial charge in [0, 0.05) is 44.0 Å². The predicted molar refractivity (Wildman–Crippen MR) is 159 cm³/mol. The average Bonchev–Trinajstić information content (AvgIpc) is 2.93. The van der Waals surface area contributed by atoms with Crippen molar-refractivity contribution < 1.29 is 19.4 Å². The number of hydrogen-bond acceptors (Lipinski definition) is 7. The number of anilines is 1. The van der Waals surface area contributed by atoms with Crippen LogP contribution < -0.4 is 19.8 Å². The molecule has 0 aliphatic carbocycles. The van der Waals surface area contributed by atoms with E-state index in [-0.39, 0.29) is 16.3 Å². The molecule has 0 bridgehead atoms. The van der Waals surface area contributed by atoms with E-state index in [9.17, 15) is 9.90 Å². The van der Waals surface area contributed by atoms with Gasteiger partial charge in [-0.25, -0.2) is 5.43 Å². The molecule has 206 valence electrons. The van der Waals surface area contributed by atoms with Crippen LogP contribution >= 0.6 is 50.7 Å². The van der Waals surface area contributed by atoms with Crippen molar-refractivity contribution in [1.82, 2.24) is 10.3 Å². The maximum Gasteiger partial charge on any atom is 0.271 e. The number of piperazine rings is 1. The van der Waals surface area contributed by atoms with E-state index >= 15 is 0 Å². The number of benzene rings is 3. The highest BCUT2D eigenvalue weighted by Crippen LogP contribution is 2.36. The zero-order chi connectivity index (χ0) is 27.9. The molecule has 12 heteroatoms. The van der Waals surface area contributed by atoms with Crippen LogP contribution in [0.2, 0.25) is 15.1 Å². The third kappa shape index (κ3) is 7.70. The summed E-state index contributed by atoms with van der Waals surface area (Å²) in [5.41, 5.74) is 4.47. The van der Waals surface area contributed by atoms with Crippen LogP contribution in [-0.2, 0) is 0 Å². The third-order valence-electron chi connectivity index (χ3n) is 6.14. The van der Waals surface area contributed by atoms with Crippen molar-refractivity contribution in [2.24, 2.45) is 5.10 Å². The van der Waals surface area contributed by atoms with Gasteiger partial charge in [-0.3, -0.25) is 9.69 Å². The lowest BCUT2D eigenvalue weighted by Crippen LogP contribution is -2.47. The molecule has 1 aliphatic rings. The van der Waals surface area contributed by atoms with E-state index in [1.54, 1.807) is 13.2 Å². The van der Waals surface area contributed by atoms with Crippen molar-refractivity contribution in [3.8, 4) is 17.2 Å². The first-order valence-corrected chi connectivity index (χ1v) is 13.9. The van der Waals surface area contributed by atoms with Crippen LogP contribution in [0.15, 0.2) is 58.1 Å². The standard InChI is InChI=1S/C27H26BrCl3N4O4/c1-38-25-13-17(16-32-33-27(37)18-2-5-24(36)23(31)14-18)12-20(28)26(25)39-11-10-34-6-8-35(9-7-34)19-3-4-21(29)22(30)15-19/h2-5,12-16,36H,6-11H2,1H3,(H,33,37)/b32-16+. The second kappa shape index (κ2) is 13.6. The van der Waals surface area contributed by atoms with Gasteiger partial charge in [0.1, 0.15) is 12.4 Å². The number of aromatic hydroxyl groups is 1. The Balaban J connectivity index is 1.28. The summed E-state index contributed by atoms with van der Waals surface area (Å²) >= 11 is 21.6. The Morgan fingerprint density at radius 1 is 1.05 bits per heavy atom. The number of rotatable bonds is 9. The molecule has 1 fully saturated rings. The van der Waals surface area contributed by atoms with Crippen molar-refractivity contribution in [3.63, 3.8) is 0 Å².